The molecule has 5 nitrogen and oxygen atoms in total. The number of nitrogens with zero attached hydrogens (tertiary/aromatic N) is 1. The minimum Gasteiger partial charge on any atom is -0.324 e. The fraction of sp³-hybridized carbons (Fsp3) is 0.333. The molecule has 0 aliphatic heterocycles. The molecule has 102 valence electrons. The summed E-state index contributed by atoms with van der Waals surface area (Å²) in [6.45, 7) is 3.05. The lowest BCUT2D eigenvalue weighted by Crippen LogP contribution is -2.28. The standard InChI is InChI=1S/C12H13BrN2O3S/c1-8(2)19(17,18)7-12(16)15-11-5-9(6-14)3-4-10(11)13/h3-5,8H,7H2,1-2H3,(H,15,16). The van der Waals surface area contributed by atoms with Gasteiger partial charge in [-0.15, -0.1) is 0 Å². The summed E-state index contributed by atoms with van der Waals surface area (Å²) < 4.78 is 23.8. The maximum absolute atomic E-state index is 11.7. The van der Waals surface area contributed by atoms with Crippen LogP contribution < -0.4 is 5.32 Å². The van der Waals surface area contributed by atoms with E-state index in [2.05, 4.69) is 21.2 Å². The third kappa shape index (κ3) is 4.33. The molecule has 0 fully saturated rings. The van der Waals surface area contributed by atoms with Gasteiger partial charge >= 0.3 is 0 Å². The average Bonchev–Trinajstić information content (AvgIpc) is 2.31. The van der Waals surface area contributed by atoms with E-state index in [9.17, 15) is 13.2 Å². The van der Waals surface area contributed by atoms with Gasteiger partial charge in [-0.2, -0.15) is 5.26 Å². The molecule has 0 radical (unpaired) electrons. The Morgan fingerprint density at radius 2 is 2.11 bits per heavy atom. The maximum Gasteiger partial charge on any atom is 0.239 e. The normalized spacial score (nSPS) is 11.1. The second kappa shape index (κ2) is 6.17. The smallest absolute Gasteiger partial charge is 0.239 e. The highest BCUT2D eigenvalue weighted by atomic mass is 79.9. The number of nitrogens with one attached hydrogen (secondary N) is 1. The van der Waals surface area contributed by atoms with E-state index < -0.39 is 26.7 Å². The number of sulfone groups is 1. The van der Waals surface area contributed by atoms with Crippen LogP contribution in [0, 0.1) is 11.3 Å². The van der Waals surface area contributed by atoms with Crippen LogP contribution in [0.25, 0.3) is 0 Å². The number of carbonyl (C=O) groups excluding carboxylic acids is 1. The van der Waals surface area contributed by atoms with E-state index in [0.717, 1.165) is 0 Å². The van der Waals surface area contributed by atoms with Crippen LogP contribution in [0.2, 0.25) is 0 Å². The minimum atomic E-state index is -3.44. The van der Waals surface area contributed by atoms with Gasteiger partial charge in [-0.25, -0.2) is 8.42 Å². The first kappa shape index (κ1) is 15.7. The van der Waals surface area contributed by atoms with Crippen LogP contribution in [0.15, 0.2) is 22.7 Å². The number of amides is 1. The van der Waals surface area contributed by atoms with Gasteiger partial charge in [-0.05, 0) is 48.0 Å². The van der Waals surface area contributed by atoms with E-state index in [4.69, 9.17) is 5.26 Å². The number of carbonyl (C=O) groups is 1. The van der Waals surface area contributed by atoms with E-state index in [1.807, 2.05) is 6.07 Å². The summed E-state index contributed by atoms with van der Waals surface area (Å²) in [5, 5.41) is 10.6. The molecule has 0 bridgehead atoms. The second-order valence-corrected chi connectivity index (χ2v) is 7.62. The van der Waals surface area contributed by atoms with Crippen LogP contribution in [0.3, 0.4) is 0 Å². The lowest BCUT2D eigenvalue weighted by Gasteiger charge is -2.10. The highest BCUT2D eigenvalue weighted by Crippen LogP contribution is 2.23. The van der Waals surface area contributed by atoms with E-state index >= 15 is 0 Å². The Labute approximate surface area is 120 Å². The molecule has 0 aromatic heterocycles. The molecule has 0 aliphatic carbocycles. The maximum atomic E-state index is 11.7. The molecule has 1 N–H and O–H groups in total. The van der Waals surface area contributed by atoms with Gasteiger partial charge < -0.3 is 5.32 Å². The molecule has 0 saturated heterocycles. The fourth-order valence-corrected chi connectivity index (χ4v) is 2.34. The van der Waals surface area contributed by atoms with Gasteiger partial charge in [0.15, 0.2) is 9.84 Å². The van der Waals surface area contributed by atoms with Gasteiger partial charge in [-0.3, -0.25) is 4.79 Å². The van der Waals surface area contributed by atoms with Gasteiger partial charge in [0.05, 0.1) is 22.6 Å². The van der Waals surface area contributed by atoms with Crippen molar-refractivity contribution in [3.63, 3.8) is 0 Å². The lowest BCUT2D eigenvalue weighted by atomic mass is 10.2. The van der Waals surface area contributed by atoms with Crippen LogP contribution in [0.5, 0.6) is 0 Å². The highest BCUT2D eigenvalue weighted by molar-refractivity contribution is 9.10. The molecule has 7 heteroatoms. The summed E-state index contributed by atoms with van der Waals surface area (Å²) in [6.07, 6.45) is 0. The second-order valence-electron chi connectivity index (χ2n) is 4.21. The van der Waals surface area contributed by atoms with Crippen LogP contribution in [0.4, 0.5) is 5.69 Å². The number of hydrogen-bond acceptors (Lipinski definition) is 4. The number of hydrogen-bond donors (Lipinski definition) is 1. The van der Waals surface area contributed by atoms with Crippen LogP contribution in [-0.2, 0) is 14.6 Å². The number of nitriles is 1. The summed E-state index contributed by atoms with van der Waals surface area (Å²) in [5.74, 6) is -1.20. The van der Waals surface area contributed by atoms with Crippen molar-refractivity contribution in [3.05, 3.63) is 28.2 Å². The molecule has 0 unspecified atom stereocenters. The monoisotopic (exact) mass is 344 g/mol. The molecule has 1 rings (SSSR count). The first-order valence-corrected chi connectivity index (χ1v) is 7.98. The van der Waals surface area contributed by atoms with Gasteiger partial charge in [0, 0.05) is 4.47 Å². The van der Waals surface area contributed by atoms with Gasteiger partial charge in [0.25, 0.3) is 0 Å². The van der Waals surface area contributed by atoms with E-state index in [1.165, 1.54) is 19.9 Å². The number of rotatable bonds is 4. The number of anilines is 1. The summed E-state index contributed by atoms with van der Waals surface area (Å²) in [5.41, 5.74) is 0.758. The Hall–Kier alpha value is -1.39. The Balaban J connectivity index is 2.87. The predicted octanol–water partition coefficient (Wildman–Crippen LogP) is 2.08. The largest absolute Gasteiger partial charge is 0.324 e. The molecule has 1 amide bonds. The first-order chi connectivity index (χ1) is 8.76. The van der Waals surface area contributed by atoms with E-state index in [-0.39, 0.29) is 0 Å². The van der Waals surface area contributed by atoms with Crippen molar-refractivity contribution in [1.29, 1.82) is 5.26 Å². The molecule has 0 saturated carbocycles. The van der Waals surface area contributed by atoms with Crippen LogP contribution in [0.1, 0.15) is 19.4 Å². The average molecular weight is 345 g/mol. The van der Waals surface area contributed by atoms with Crippen molar-refractivity contribution in [2.75, 3.05) is 11.1 Å². The molecule has 0 heterocycles. The zero-order valence-electron chi connectivity index (χ0n) is 10.5. The SMILES string of the molecule is CC(C)S(=O)(=O)CC(=O)Nc1cc(C#N)ccc1Br. The zero-order valence-corrected chi connectivity index (χ0v) is 12.9. The summed E-state index contributed by atoms with van der Waals surface area (Å²) in [7, 11) is -3.44. The number of benzene rings is 1. The summed E-state index contributed by atoms with van der Waals surface area (Å²) in [6, 6.07) is 6.62. The summed E-state index contributed by atoms with van der Waals surface area (Å²) in [4.78, 5) is 11.7. The topological polar surface area (TPSA) is 87.0 Å². The highest BCUT2D eigenvalue weighted by Gasteiger charge is 2.21. The minimum absolute atomic E-state index is 0.378. The third-order valence-corrected chi connectivity index (χ3v) is 5.21. The molecule has 1 aromatic rings. The van der Waals surface area contributed by atoms with Crippen molar-refractivity contribution in [3.8, 4) is 6.07 Å². The fourth-order valence-electron chi connectivity index (χ4n) is 1.23. The molecular weight excluding hydrogens is 332 g/mol. The van der Waals surface area contributed by atoms with Crippen molar-refractivity contribution in [2.45, 2.75) is 19.1 Å². The van der Waals surface area contributed by atoms with Crippen molar-refractivity contribution < 1.29 is 13.2 Å². The molecule has 19 heavy (non-hydrogen) atoms. The zero-order chi connectivity index (χ0) is 14.6. The Morgan fingerprint density at radius 3 is 2.63 bits per heavy atom. The molecule has 0 aliphatic rings. The van der Waals surface area contributed by atoms with Crippen molar-refractivity contribution in [2.24, 2.45) is 0 Å². The van der Waals surface area contributed by atoms with Gasteiger partial charge in [0.2, 0.25) is 5.91 Å². The Bertz CT molecular complexity index is 633. The third-order valence-electron chi connectivity index (χ3n) is 2.42. The predicted molar refractivity (Wildman–Crippen MR) is 76.4 cm³/mol. The van der Waals surface area contributed by atoms with Crippen molar-refractivity contribution in [1.82, 2.24) is 0 Å². The first-order valence-electron chi connectivity index (χ1n) is 5.47. The quantitative estimate of drug-likeness (QED) is 0.905. The Kier molecular flexibility index (Phi) is 5.09. The molecule has 1 aromatic carbocycles. The number of halogens is 1. The van der Waals surface area contributed by atoms with E-state index in [1.54, 1.807) is 12.1 Å². The van der Waals surface area contributed by atoms with Gasteiger partial charge in [0.1, 0.15) is 5.75 Å². The molecular formula is C12H13BrN2O3S. The Morgan fingerprint density at radius 1 is 1.47 bits per heavy atom. The molecule has 0 spiro atoms. The lowest BCUT2D eigenvalue weighted by molar-refractivity contribution is -0.113. The van der Waals surface area contributed by atoms with Crippen LogP contribution in [-0.4, -0.2) is 25.3 Å². The van der Waals surface area contributed by atoms with Gasteiger partial charge in [-0.1, -0.05) is 0 Å². The van der Waals surface area contributed by atoms with Crippen LogP contribution >= 0.6 is 15.9 Å². The molecule has 0 atom stereocenters. The van der Waals surface area contributed by atoms with E-state index in [0.29, 0.717) is 15.7 Å². The van der Waals surface area contributed by atoms with Crippen molar-refractivity contribution >= 4 is 37.4 Å². The summed E-state index contributed by atoms with van der Waals surface area (Å²) >= 11 is 3.22.